The summed E-state index contributed by atoms with van der Waals surface area (Å²) in [7, 11) is 0. The lowest BCUT2D eigenvalue weighted by atomic mass is 10.1. The van der Waals surface area contributed by atoms with Gasteiger partial charge in [0.25, 0.3) is 0 Å². The molecule has 2 nitrogen and oxygen atoms in total. The van der Waals surface area contributed by atoms with Crippen molar-refractivity contribution in [2.24, 2.45) is 0 Å². The van der Waals surface area contributed by atoms with Gasteiger partial charge in [0.15, 0.2) is 0 Å². The van der Waals surface area contributed by atoms with Gasteiger partial charge in [-0.3, -0.25) is 4.79 Å². The minimum atomic E-state index is -0.291. The van der Waals surface area contributed by atoms with Crippen LogP contribution in [-0.4, -0.2) is 12.1 Å². The van der Waals surface area contributed by atoms with E-state index in [0.29, 0.717) is 6.42 Å². The van der Waals surface area contributed by atoms with E-state index in [1.807, 2.05) is 43.3 Å². The molecule has 0 N–H and O–H groups in total. The van der Waals surface area contributed by atoms with Crippen LogP contribution in [0.4, 0.5) is 0 Å². The van der Waals surface area contributed by atoms with Gasteiger partial charge in [-0.2, -0.15) is 0 Å². The number of benzene rings is 2. The zero-order valence-corrected chi connectivity index (χ0v) is 16.1. The molecule has 0 saturated heterocycles. The molecule has 25 heavy (non-hydrogen) atoms. The van der Waals surface area contributed by atoms with Crippen molar-refractivity contribution in [1.29, 1.82) is 0 Å². The van der Waals surface area contributed by atoms with Crippen LogP contribution in [0.2, 0.25) is 0 Å². The van der Waals surface area contributed by atoms with Crippen molar-refractivity contribution in [3.05, 3.63) is 83.1 Å². The van der Waals surface area contributed by atoms with Crippen molar-refractivity contribution in [2.45, 2.75) is 36.2 Å². The van der Waals surface area contributed by atoms with E-state index in [2.05, 4.69) is 36.9 Å². The second-order valence-electron chi connectivity index (χ2n) is 5.53. The molecule has 0 radical (unpaired) electrons. The number of thioether (sulfide) groups is 2. The van der Waals surface area contributed by atoms with Gasteiger partial charge in [-0.25, -0.2) is 0 Å². The molecule has 1 atom stereocenters. The predicted molar refractivity (Wildman–Crippen MR) is 108 cm³/mol. The van der Waals surface area contributed by atoms with E-state index in [1.54, 1.807) is 23.5 Å². The molecule has 2 aromatic carbocycles. The lowest BCUT2D eigenvalue weighted by Crippen LogP contribution is -2.16. The molecule has 2 aromatic rings. The van der Waals surface area contributed by atoms with E-state index in [0.717, 1.165) is 9.81 Å². The van der Waals surface area contributed by atoms with Crippen LogP contribution < -0.4 is 0 Å². The Morgan fingerprint density at radius 2 is 1.48 bits per heavy atom. The first-order valence-corrected chi connectivity index (χ1v) is 9.66. The summed E-state index contributed by atoms with van der Waals surface area (Å²) in [6.45, 7) is 7.25. The number of carbonyl (C=O) groups excluding carboxylic acids is 1. The topological polar surface area (TPSA) is 26.3 Å². The Morgan fingerprint density at radius 1 is 1.00 bits per heavy atom. The smallest absolute Gasteiger partial charge is 0.303 e. The molecule has 0 saturated carbocycles. The quantitative estimate of drug-likeness (QED) is 0.309. The lowest BCUT2D eigenvalue weighted by Gasteiger charge is -2.16. The Balaban J connectivity index is 2.17. The van der Waals surface area contributed by atoms with E-state index in [4.69, 9.17) is 4.74 Å². The summed E-state index contributed by atoms with van der Waals surface area (Å²) in [6, 6.07) is 20.5. The number of carbonyl (C=O) groups is 1. The maximum atomic E-state index is 11.3. The van der Waals surface area contributed by atoms with Gasteiger partial charge in [-0.05, 0) is 36.8 Å². The minimum Gasteiger partial charge on any atom is -0.458 e. The number of ether oxygens (including phenoxy) is 1. The van der Waals surface area contributed by atoms with Crippen molar-refractivity contribution in [1.82, 2.24) is 0 Å². The van der Waals surface area contributed by atoms with Crippen LogP contribution in [-0.2, 0) is 9.53 Å². The van der Waals surface area contributed by atoms with Crippen molar-refractivity contribution in [2.75, 3.05) is 0 Å². The van der Waals surface area contributed by atoms with E-state index >= 15 is 0 Å². The van der Waals surface area contributed by atoms with E-state index in [-0.39, 0.29) is 12.1 Å². The standard InChI is InChI=1S/C21H22O2S2/c1-16(2)20(23-17(3)22)14-15-21(24-18-10-6-4-7-11-18)25-19-12-8-5-9-13-19/h4-13,15,20H,1,14H2,2-3H3. The highest BCUT2D eigenvalue weighted by Crippen LogP contribution is 2.39. The third-order valence-electron chi connectivity index (χ3n) is 3.28. The van der Waals surface area contributed by atoms with Gasteiger partial charge in [0.1, 0.15) is 6.10 Å². The number of hydrogen-bond acceptors (Lipinski definition) is 4. The maximum absolute atomic E-state index is 11.3. The van der Waals surface area contributed by atoms with Gasteiger partial charge >= 0.3 is 5.97 Å². The van der Waals surface area contributed by atoms with Crippen LogP contribution in [0.3, 0.4) is 0 Å². The molecule has 0 heterocycles. The summed E-state index contributed by atoms with van der Waals surface area (Å²) in [5.74, 6) is -0.283. The van der Waals surface area contributed by atoms with Crippen LogP contribution in [0.15, 0.2) is 92.9 Å². The van der Waals surface area contributed by atoms with Crippen LogP contribution in [0.5, 0.6) is 0 Å². The molecule has 4 heteroatoms. The molecule has 2 rings (SSSR count). The molecule has 0 aliphatic rings. The van der Waals surface area contributed by atoms with Gasteiger partial charge in [0.05, 0.1) is 0 Å². The highest BCUT2D eigenvalue weighted by molar-refractivity contribution is 8.22. The first-order chi connectivity index (χ1) is 12.0. The second kappa shape index (κ2) is 10.2. The van der Waals surface area contributed by atoms with Gasteiger partial charge in [-0.1, -0.05) is 72.6 Å². The summed E-state index contributed by atoms with van der Waals surface area (Å²) in [4.78, 5) is 13.6. The zero-order valence-electron chi connectivity index (χ0n) is 14.5. The number of esters is 1. The monoisotopic (exact) mass is 370 g/mol. The van der Waals surface area contributed by atoms with Gasteiger partial charge < -0.3 is 4.74 Å². The highest BCUT2D eigenvalue weighted by Gasteiger charge is 2.13. The largest absolute Gasteiger partial charge is 0.458 e. The molecule has 130 valence electrons. The van der Waals surface area contributed by atoms with Crippen molar-refractivity contribution in [3.8, 4) is 0 Å². The molecule has 0 bridgehead atoms. The Kier molecular flexibility index (Phi) is 7.89. The fourth-order valence-corrected chi connectivity index (χ4v) is 4.22. The molecule has 0 aliphatic carbocycles. The summed E-state index contributed by atoms with van der Waals surface area (Å²) < 4.78 is 6.51. The first kappa shape index (κ1) is 19.4. The van der Waals surface area contributed by atoms with Crippen LogP contribution in [0, 0.1) is 0 Å². The maximum Gasteiger partial charge on any atom is 0.303 e. The van der Waals surface area contributed by atoms with E-state index in [1.165, 1.54) is 16.7 Å². The fraction of sp³-hybridized carbons (Fsp3) is 0.190. The van der Waals surface area contributed by atoms with Gasteiger partial charge in [0, 0.05) is 27.4 Å². The average Bonchev–Trinajstić information content (AvgIpc) is 2.59. The summed E-state index contributed by atoms with van der Waals surface area (Å²) >= 11 is 3.42. The SMILES string of the molecule is C=C(C)C(CC=C(Sc1ccccc1)Sc1ccccc1)OC(C)=O. The van der Waals surface area contributed by atoms with Crippen LogP contribution in [0.1, 0.15) is 20.3 Å². The Hall–Kier alpha value is -1.91. The molecular weight excluding hydrogens is 348 g/mol. The van der Waals surface area contributed by atoms with Crippen molar-refractivity contribution in [3.63, 3.8) is 0 Å². The Morgan fingerprint density at radius 3 is 1.88 bits per heavy atom. The number of rotatable bonds is 8. The predicted octanol–water partition coefficient (Wildman–Crippen LogP) is 6.31. The molecule has 0 spiro atoms. The normalized spacial score (nSPS) is 11.4. The molecule has 0 amide bonds. The van der Waals surface area contributed by atoms with Crippen LogP contribution >= 0.6 is 23.5 Å². The minimum absolute atomic E-state index is 0.283. The molecular formula is C21H22O2S2. The molecule has 0 aliphatic heterocycles. The van der Waals surface area contributed by atoms with Crippen molar-refractivity contribution >= 4 is 29.5 Å². The third kappa shape index (κ3) is 7.24. The average molecular weight is 371 g/mol. The lowest BCUT2D eigenvalue weighted by molar-refractivity contribution is -0.144. The fourth-order valence-electron chi connectivity index (χ4n) is 2.07. The van der Waals surface area contributed by atoms with Gasteiger partial charge in [0.2, 0.25) is 0 Å². The summed E-state index contributed by atoms with van der Waals surface area (Å²) in [6.07, 6.45) is 2.45. The zero-order chi connectivity index (χ0) is 18.1. The summed E-state index contributed by atoms with van der Waals surface area (Å²) in [5, 5.41) is 0. The molecule has 0 fully saturated rings. The molecule has 1 unspecified atom stereocenters. The Labute approximate surface area is 158 Å². The second-order valence-corrected chi connectivity index (χ2v) is 8.02. The third-order valence-corrected chi connectivity index (χ3v) is 5.53. The van der Waals surface area contributed by atoms with E-state index < -0.39 is 0 Å². The van der Waals surface area contributed by atoms with Crippen LogP contribution in [0.25, 0.3) is 0 Å². The van der Waals surface area contributed by atoms with Crippen molar-refractivity contribution < 1.29 is 9.53 Å². The summed E-state index contributed by atoms with van der Waals surface area (Å²) in [5.41, 5.74) is 0.847. The Bertz CT molecular complexity index is 681. The highest BCUT2D eigenvalue weighted by atomic mass is 32.2. The molecule has 0 aromatic heterocycles. The van der Waals surface area contributed by atoms with E-state index in [9.17, 15) is 4.79 Å². The first-order valence-electron chi connectivity index (χ1n) is 8.03. The van der Waals surface area contributed by atoms with Gasteiger partial charge in [-0.15, -0.1) is 0 Å². The number of hydrogen-bond donors (Lipinski definition) is 0.